The third kappa shape index (κ3) is 2.45. The van der Waals surface area contributed by atoms with E-state index in [0.717, 1.165) is 44.9 Å². The van der Waals surface area contributed by atoms with Crippen molar-refractivity contribution in [3.8, 4) is 22.8 Å². The lowest BCUT2D eigenvalue weighted by Gasteiger charge is -2.03. The van der Waals surface area contributed by atoms with Gasteiger partial charge in [-0.15, -0.1) is 0 Å². The second-order valence-corrected chi connectivity index (χ2v) is 6.01. The van der Waals surface area contributed by atoms with E-state index in [2.05, 4.69) is 13.0 Å². The van der Waals surface area contributed by atoms with Crippen molar-refractivity contribution in [2.24, 2.45) is 0 Å². The maximum atomic E-state index is 9.57. The first kappa shape index (κ1) is 14.2. The maximum Gasteiger partial charge on any atom is 0.231 e. The van der Waals surface area contributed by atoms with Crippen LogP contribution in [0.3, 0.4) is 0 Å². The molecule has 0 amide bonds. The zero-order valence-corrected chi connectivity index (χ0v) is 13.1. The summed E-state index contributed by atoms with van der Waals surface area (Å²) in [5, 5.41) is 10.7. The predicted octanol–water partition coefficient (Wildman–Crippen LogP) is 4.06. The summed E-state index contributed by atoms with van der Waals surface area (Å²) in [6.07, 6.45) is 0.285. The summed E-state index contributed by atoms with van der Waals surface area (Å²) in [5.41, 5.74) is 4.02. The Morgan fingerprint density at radius 2 is 1.91 bits per heavy atom. The average Bonchev–Trinajstić information content (AvgIpc) is 3.11. The number of fused-ring (bicyclic) bond motifs is 2. The van der Waals surface area contributed by atoms with Crippen molar-refractivity contribution < 1.29 is 19.0 Å². The van der Waals surface area contributed by atoms with Gasteiger partial charge in [-0.2, -0.15) is 0 Å². The fourth-order valence-electron chi connectivity index (χ4n) is 3.05. The Labute approximate surface area is 134 Å². The highest BCUT2D eigenvalue weighted by Crippen LogP contribution is 2.39. The lowest BCUT2D eigenvalue weighted by Crippen LogP contribution is -2.03. The number of aliphatic hydroxyl groups excluding tert-OH is 1. The van der Waals surface area contributed by atoms with Gasteiger partial charge in [-0.05, 0) is 56.2 Å². The molecule has 1 atom stereocenters. The van der Waals surface area contributed by atoms with E-state index in [0.29, 0.717) is 6.42 Å². The van der Waals surface area contributed by atoms with Crippen LogP contribution in [-0.4, -0.2) is 18.0 Å². The first-order chi connectivity index (χ1) is 11.1. The zero-order valence-electron chi connectivity index (χ0n) is 13.1. The molecule has 0 spiro atoms. The second kappa shape index (κ2) is 5.32. The third-order valence-electron chi connectivity index (χ3n) is 4.17. The fourth-order valence-corrected chi connectivity index (χ4v) is 3.05. The minimum absolute atomic E-state index is 0.264. The van der Waals surface area contributed by atoms with E-state index in [4.69, 9.17) is 13.9 Å². The summed E-state index contributed by atoms with van der Waals surface area (Å²) in [5.74, 6) is 2.35. The summed E-state index contributed by atoms with van der Waals surface area (Å²) in [4.78, 5) is 0. The van der Waals surface area contributed by atoms with Gasteiger partial charge in [0, 0.05) is 16.5 Å². The number of furan rings is 1. The fraction of sp³-hybridized carbons (Fsp3) is 0.263. The van der Waals surface area contributed by atoms with Crippen LogP contribution in [0.15, 0.2) is 40.8 Å². The molecule has 118 valence electrons. The quantitative estimate of drug-likeness (QED) is 0.792. The predicted molar refractivity (Wildman–Crippen MR) is 87.9 cm³/mol. The van der Waals surface area contributed by atoms with Crippen LogP contribution in [0.2, 0.25) is 0 Å². The van der Waals surface area contributed by atoms with Gasteiger partial charge in [0.15, 0.2) is 11.5 Å². The van der Waals surface area contributed by atoms with Crippen LogP contribution in [0.25, 0.3) is 22.3 Å². The van der Waals surface area contributed by atoms with Crippen LogP contribution in [0, 0.1) is 6.92 Å². The molecule has 2 aromatic carbocycles. The number of hydrogen-bond acceptors (Lipinski definition) is 4. The van der Waals surface area contributed by atoms with Gasteiger partial charge in [0.25, 0.3) is 0 Å². The third-order valence-corrected chi connectivity index (χ3v) is 4.17. The molecule has 0 aliphatic carbocycles. The molecule has 1 N–H and O–H groups in total. The highest BCUT2D eigenvalue weighted by molar-refractivity contribution is 5.88. The number of rotatable bonds is 3. The van der Waals surface area contributed by atoms with Crippen molar-refractivity contribution in [1.29, 1.82) is 0 Å². The van der Waals surface area contributed by atoms with E-state index in [1.165, 1.54) is 0 Å². The molecule has 0 unspecified atom stereocenters. The summed E-state index contributed by atoms with van der Waals surface area (Å²) >= 11 is 0. The standard InChI is InChI=1S/C19H18O4/c1-11(20)7-13-3-5-16-15(8-13)12(2)19(23-16)14-4-6-17-18(9-14)22-10-21-17/h3-6,8-9,11,20H,7,10H2,1-2H3/t11-/m0/s1. The molecule has 2 heterocycles. The average molecular weight is 310 g/mol. The molecule has 1 aromatic heterocycles. The van der Waals surface area contributed by atoms with Crippen molar-refractivity contribution in [1.82, 2.24) is 0 Å². The van der Waals surface area contributed by atoms with E-state index >= 15 is 0 Å². The topological polar surface area (TPSA) is 51.8 Å². The molecule has 4 heteroatoms. The monoisotopic (exact) mass is 310 g/mol. The van der Waals surface area contributed by atoms with Gasteiger partial charge in [-0.25, -0.2) is 0 Å². The van der Waals surface area contributed by atoms with Crippen LogP contribution in [0.5, 0.6) is 11.5 Å². The van der Waals surface area contributed by atoms with Crippen LogP contribution >= 0.6 is 0 Å². The van der Waals surface area contributed by atoms with Gasteiger partial charge >= 0.3 is 0 Å². The van der Waals surface area contributed by atoms with Crippen LogP contribution in [0.4, 0.5) is 0 Å². The molecule has 1 aliphatic heterocycles. The lowest BCUT2D eigenvalue weighted by molar-refractivity contribution is 0.174. The van der Waals surface area contributed by atoms with E-state index in [1.54, 1.807) is 6.92 Å². The first-order valence-corrected chi connectivity index (χ1v) is 7.72. The second-order valence-electron chi connectivity index (χ2n) is 6.01. The minimum Gasteiger partial charge on any atom is -0.456 e. The summed E-state index contributed by atoms with van der Waals surface area (Å²) in [6, 6.07) is 11.9. The number of benzene rings is 2. The number of hydrogen-bond donors (Lipinski definition) is 1. The molecule has 4 rings (SSSR count). The van der Waals surface area contributed by atoms with Gasteiger partial charge < -0.3 is 19.0 Å². The molecule has 3 aromatic rings. The van der Waals surface area contributed by atoms with Crippen LogP contribution < -0.4 is 9.47 Å². The van der Waals surface area contributed by atoms with E-state index in [-0.39, 0.29) is 12.9 Å². The summed E-state index contributed by atoms with van der Waals surface area (Å²) in [6.45, 7) is 4.11. The van der Waals surface area contributed by atoms with Gasteiger partial charge in [0.1, 0.15) is 11.3 Å². The Morgan fingerprint density at radius 1 is 1.09 bits per heavy atom. The largest absolute Gasteiger partial charge is 0.456 e. The van der Waals surface area contributed by atoms with Crippen LogP contribution in [-0.2, 0) is 6.42 Å². The Balaban J connectivity index is 1.80. The SMILES string of the molecule is Cc1c(-c2ccc3c(c2)OCO3)oc2ccc(C[C@H](C)O)cc12. The normalized spacial score (nSPS) is 14.4. The van der Waals surface area contributed by atoms with Gasteiger partial charge in [-0.1, -0.05) is 6.07 Å². The molecular formula is C19H18O4. The zero-order chi connectivity index (χ0) is 16.0. The van der Waals surface area contributed by atoms with E-state index in [1.807, 2.05) is 30.3 Å². The van der Waals surface area contributed by atoms with Crippen LogP contribution in [0.1, 0.15) is 18.1 Å². The molecule has 0 saturated carbocycles. The Morgan fingerprint density at radius 3 is 2.74 bits per heavy atom. The van der Waals surface area contributed by atoms with Crippen molar-refractivity contribution in [2.75, 3.05) is 6.79 Å². The molecule has 0 saturated heterocycles. The van der Waals surface area contributed by atoms with Crippen molar-refractivity contribution >= 4 is 11.0 Å². The Hall–Kier alpha value is -2.46. The number of ether oxygens (including phenoxy) is 2. The van der Waals surface area contributed by atoms with E-state index < -0.39 is 0 Å². The summed E-state index contributed by atoms with van der Waals surface area (Å²) in [7, 11) is 0. The molecule has 0 fully saturated rings. The molecule has 1 aliphatic rings. The maximum absolute atomic E-state index is 9.57. The van der Waals surface area contributed by atoms with Crippen molar-refractivity contribution in [3.05, 3.63) is 47.5 Å². The molecule has 0 radical (unpaired) electrons. The highest BCUT2D eigenvalue weighted by Gasteiger charge is 2.18. The molecule has 0 bridgehead atoms. The lowest BCUT2D eigenvalue weighted by atomic mass is 10.0. The van der Waals surface area contributed by atoms with Gasteiger partial charge in [0.2, 0.25) is 6.79 Å². The Bertz CT molecular complexity index is 876. The number of aliphatic hydroxyl groups is 1. The minimum atomic E-state index is -0.354. The first-order valence-electron chi connectivity index (χ1n) is 7.72. The molecule has 23 heavy (non-hydrogen) atoms. The number of aryl methyl sites for hydroxylation is 1. The van der Waals surface area contributed by atoms with E-state index in [9.17, 15) is 5.11 Å². The Kier molecular flexibility index (Phi) is 3.27. The molecular weight excluding hydrogens is 292 g/mol. The highest BCUT2D eigenvalue weighted by atomic mass is 16.7. The smallest absolute Gasteiger partial charge is 0.231 e. The summed E-state index contributed by atoms with van der Waals surface area (Å²) < 4.78 is 16.8. The van der Waals surface area contributed by atoms with Crippen molar-refractivity contribution in [2.45, 2.75) is 26.4 Å². The van der Waals surface area contributed by atoms with Gasteiger partial charge in [-0.3, -0.25) is 0 Å². The van der Waals surface area contributed by atoms with Gasteiger partial charge in [0.05, 0.1) is 6.10 Å². The van der Waals surface area contributed by atoms with Crippen molar-refractivity contribution in [3.63, 3.8) is 0 Å². The molecule has 4 nitrogen and oxygen atoms in total.